The van der Waals surface area contributed by atoms with Crippen molar-refractivity contribution in [2.75, 3.05) is 7.11 Å². The molecule has 94 valence electrons. The number of rotatable bonds is 2. The van der Waals surface area contributed by atoms with Gasteiger partial charge in [-0.2, -0.15) is 0 Å². The Bertz CT molecular complexity index is 615. The number of methoxy groups -OCH3 is 1. The molecule has 0 atom stereocenters. The van der Waals surface area contributed by atoms with Crippen LogP contribution in [0.5, 0.6) is 0 Å². The van der Waals surface area contributed by atoms with Gasteiger partial charge in [-0.1, -0.05) is 15.9 Å². The zero-order chi connectivity index (χ0) is 13.3. The molecule has 0 bridgehead atoms. The second-order valence-corrected chi connectivity index (χ2v) is 6.39. The van der Waals surface area contributed by atoms with Gasteiger partial charge in [0.05, 0.1) is 12.0 Å². The number of hydrogen-bond donors (Lipinski definition) is 0. The quantitative estimate of drug-likeness (QED) is 0.714. The molecule has 1 aromatic carbocycles. The highest BCUT2D eigenvalue weighted by molar-refractivity contribution is 9.11. The Balaban J connectivity index is 2.63. The number of nitrogens with zero attached hydrogens (tertiary/aromatic N) is 1. The van der Waals surface area contributed by atoms with Gasteiger partial charge in [-0.25, -0.2) is 14.2 Å². The van der Waals surface area contributed by atoms with Crippen molar-refractivity contribution in [2.45, 2.75) is 0 Å². The lowest BCUT2D eigenvalue weighted by molar-refractivity contribution is 0.0595. The third kappa shape index (κ3) is 2.62. The third-order valence-corrected chi connectivity index (χ3v) is 4.38. The minimum atomic E-state index is -0.553. The van der Waals surface area contributed by atoms with E-state index in [-0.39, 0.29) is 11.5 Å². The second-order valence-electron chi connectivity index (χ2n) is 3.26. The first kappa shape index (κ1) is 13.6. The van der Waals surface area contributed by atoms with Crippen LogP contribution < -0.4 is 0 Å². The molecular weight excluding hydrogens is 389 g/mol. The van der Waals surface area contributed by atoms with Gasteiger partial charge >= 0.3 is 5.97 Å². The highest BCUT2D eigenvalue weighted by Crippen LogP contribution is 2.37. The monoisotopic (exact) mass is 393 g/mol. The molecule has 0 aliphatic carbocycles. The van der Waals surface area contributed by atoms with Gasteiger partial charge < -0.3 is 4.74 Å². The lowest BCUT2D eigenvalue weighted by Crippen LogP contribution is -2.03. The molecule has 7 heteroatoms. The van der Waals surface area contributed by atoms with Crippen LogP contribution in [0.3, 0.4) is 0 Å². The maximum Gasteiger partial charge on any atom is 0.358 e. The normalized spacial score (nSPS) is 10.4. The van der Waals surface area contributed by atoms with E-state index < -0.39 is 5.97 Å². The summed E-state index contributed by atoms with van der Waals surface area (Å²) in [5.74, 6) is -0.934. The van der Waals surface area contributed by atoms with Crippen molar-refractivity contribution < 1.29 is 13.9 Å². The number of benzene rings is 1. The van der Waals surface area contributed by atoms with E-state index in [0.717, 1.165) is 0 Å². The minimum Gasteiger partial charge on any atom is -0.464 e. The molecule has 1 heterocycles. The Kier molecular flexibility index (Phi) is 4.14. The van der Waals surface area contributed by atoms with E-state index in [1.807, 2.05) is 0 Å². The molecule has 0 aliphatic heterocycles. The van der Waals surface area contributed by atoms with Gasteiger partial charge in [0.1, 0.15) is 5.82 Å². The van der Waals surface area contributed by atoms with E-state index in [1.165, 1.54) is 30.6 Å². The number of hydrogen-bond acceptors (Lipinski definition) is 4. The van der Waals surface area contributed by atoms with Crippen LogP contribution in [-0.4, -0.2) is 18.1 Å². The summed E-state index contributed by atoms with van der Waals surface area (Å²) in [6, 6.07) is 4.26. The summed E-state index contributed by atoms with van der Waals surface area (Å²) < 4.78 is 19.2. The van der Waals surface area contributed by atoms with Crippen molar-refractivity contribution in [1.29, 1.82) is 0 Å². The fourth-order valence-corrected chi connectivity index (χ4v) is 3.43. The van der Waals surface area contributed by atoms with Crippen LogP contribution in [-0.2, 0) is 4.74 Å². The SMILES string of the molecule is COC(=O)c1nc(Br)sc1-c1cc(F)ccc1Br. The Morgan fingerprint density at radius 1 is 1.44 bits per heavy atom. The van der Waals surface area contributed by atoms with Gasteiger partial charge in [0.2, 0.25) is 0 Å². The number of thiazole rings is 1. The van der Waals surface area contributed by atoms with E-state index >= 15 is 0 Å². The standard InChI is InChI=1S/C11H6Br2FNO2S/c1-17-10(16)8-9(18-11(13)15-8)6-4-5(14)2-3-7(6)12/h2-4H,1H3. The molecule has 3 nitrogen and oxygen atoms in total. The van der Waals surface area contributed by atoms with E-state index in [0.29, 0.717) is 18.8 Å². The lowest BCUT2D eigenvalue weighted by Gasteiger charge is -2.03. The predicted octanol–water partition coefficient (Wildman–Crippen LogP) is 4.26. The first-order valence-corrected chi connectivity index (χ1v) is 7.13. The van der Waals surface area contributed by atoms with Crippen molar-refractivity contribution in [1.82, 2.24) is 4.98 Å². The highest BCUT2D eigenvalue weighted by Gasteiger charge is 2.21. The summed E-state index contributed by atoms with van der Waals surface area (Å²) in [6.45, 7) is 0. The van der Waals surface area contributed by atoms with E-state index in [2.05, 4.69) is 41.6 Å². The molecule has 0 unspecified atom stereocenters. The molecule has 0 saturated heterocycles. The van der Waals surface area contributed by atoms with Crippen molar-refractivity contribution in [3.63, 3.8) is 0 Å². The molecule has 1 aromatic heterocycles. The van der Waals surface area contributed by atoms with Crippen LogP contribution in [0.4, 0.5) is 4.39 Å². The average molecular weight is 395 g/mol. The Hall–Kier alpha value is -0.790. The Morgan fingerprint density at radius 3 is 2.83 bits per heavy atom. The molecule has 0 fully saturated rings. The summed E-state index contributed by atoms with van der Waals surface area (Å²) in [7, 11) is 1.28. The van der Waals surface area contributed by atoms with Crippen LogP contribution in [0.15, 0.2) is 26.6 Å². The zero-order valence-electron chi connectivity index (χ0n) is 9.04. The van der Waals surface area contributed by atoms with E-state index in [4.69, 9.17) is 0 Å². The van der Waals surface area contributed by atoms with Crippen molar-refractivity contribution >= 4 is 49.2 Å². The fourth-order valence-electron chi connectivity index (χ4n) is 1.38. The third-order valence-electron chi connectivity index (χ3n) is 2.15. The number of carbonyl (C=O) groups is 1. The molecular formula is C11H6Br2FNO2S. The smallest absolute Gasteiger partial charge is 0.358 e. The lowest BCUT2D eigenvalue weighted by atomic mass is 10.1. The topological polar surface area (TPSA) is 39.2 Å². The van der Waals surface area contributed by atoms with Crippen molar-refractivity contribution in [3.05, 3.63) is 38.1 Å². The Labute approximate surface area is 123 Å². The van der Waals surface area contributed by atoms with Gasteiger partial charge in [0, 0.05) is 10.0 Å². The van der Waals surface area contributed by atoms with Gasteiger partial charge in [0.25, 0.3) is 0 Å². The van der Waals surface area contributed by atoms with E-state index in [1.54, 1.807) is 6.07 Å². The van der Waals surface area contributed by atoms with Crippen molar-refractivity contribution in [2.24, 2.45) is 0 Å². The number of ether oxygens (including phenoxy) is 1. The molecule has 0 amide bonds. The van der Waals surface area contributed by atoms with Crippen LogP contribution in [0.1, 0.15) is 10.5 Å². The van der Waals surface area contributed by atoms with Crippen LogP contribution in [0.2, 0.25) is 0 Å². The van der Waals surface area contributed by atoms with Gasteiger partial charge in [0.15, 0.2) is 9.61 Å². The first-order valence-electron chi connectivity index (χ1n) is 4.73. The van der Waals surface area contributed by atoms with Crippen molar-refractivity contribution in [3.8, 4) is 10.4 Å². The molecule has 0 saturated carbocycles. The number of esters is 1. The molecule has 0 radical (unpaired) electrons. The van der Waals surface area contributed by atoms with E-state index in [9.17, 15) is 9.18 Å². The fraction of sp³-hybridized carbons (Fsp3) is 0.0909. The minimum absolute atomic E-state index is 0.167. The molecule has 0 N–H and O–H groups in total. The molecule has 2 aromatic rings. The summed E-state index contributed by atoms with van der Waals surface area (Å²) in [6.07, 6.45) is 0. The van der Waals surface area contributed by atoms with Crippen LogP contribution in [0, 0.1) is 5.82 Å². The Morgan fingerprint density at radius 2 is 2.17 bits per heavy atom. The molecule has 18 heavy (non-hydrogen) atoms. The van der Waals surface area contributed by atoms with Crippen LogP contribution >= 0.6 is 43.2 Å². The molecule has 2 rings (SSSR count). The largest absolute Gasteiger partial charge is 0.464 e. The number of carbonyl (C=O) groups excluding carboxylic acids is 1. The summed E-state index contributed by atoms with van der Waals surface area (Å²) in [4.78, 5) is 16.2. The first-order chi connectivity index (χ1) is 8.52. The molecule has 0 aliphatic rings. The number of aromatic nitrogens is 1. The van der Waals surface area contributed by atoms with Crippen LogP contribution in [0.25, 0.3) is 10.4 Å². The van der Waals surface area contributed by atoms with Gasteiger partial charge in [-0.3, -0.25) is 0 Å². The van der Waals surface area contributed by atoms with Gasteiger partial charge in [-0.15, -0.1) is 11.3 Å². The number of halogens is 3. The summed E-state index contributed by atoms with van der Waals surface area (Å²) in [5.41, 5.74) is 0.735. The highest BCUT2D eigenvalue weighted by atomic mass is 79.9. The summed E-state index contributed by atoms with van der Waals surface area (Å²) >= 11 is 7.78. The predicted molar refractivity (Wildman–Crippen MR) is 74.2 cm³/mol. The maximum atomic E-state index is 13.3. The zero-order valence-corrected chi connectivity index (χ0v) is 13.0. The second kappa shape index (κ2) is 5.46. The van der Waals surface area contributed by atoms with Gasteiger partial charge in [-0.05, 0) is 34.1 Å². The average Bonchev–Trinajstić information content (AvgIpc) is 2.73. The maximum absolute atomic E-state index is 13.3. The summed E-state index contributed by atoms with van der Waals surface area (Å²) in [5, 5.41) is 0. The molecule has 0 spiro atoms.